The molecule has 17 rings (SSSR count). The van der Waals surface area contributed by atoms with Gasteiger partial charge in [-0.15, -0.1) is 0 Å². The molecular formula is C74H49N3. The molecule has 0 fully saturated rings. The molecule has 0 amide bonds. The summed E-state index contributed by atoms with van der Waals surface area (Å²) in [5.41, 5.74) is 25.5. The van der Waals surface area contributed by atoms with Crippen molar-refractivity contribution in [1.29, 1.82) is 0 Å². The summed E-state index contributed by atoms with van der Waals surface area (Å²) in [6.45, 7) is 4.77. The van der Waals surface area contributed by atoms with E-state index >= 15 is 0 Å². The summed E-state index contributed by atoms with van der Waals surface area (Å²) in [6.07, 6.45) is 0. The standard InChI is InChI=1S/C74H49N3/c1-73(2)59-29-13-8-24-51(59)54-40-38-49(44-64(54)73)77-68-37-19-36-67(72(68)58-42-46-20-6-7-21-47(46)43-69(58)77)76(50-39-41-56-55-27-12-17-34-65(55)75(70(56)45-50)48-22-4-3-5-23-48)66-35-18-33-63-71(66)57-28-11-16-32-62(57)74(63)60-30-14-9-25-52(60)53-26-10-15-31-61(53)74/h3-45H,1-2H3. The van der Waals surface area contributed by atoms with Crippen molar-refractivity contribution in [2.75, 3.05) is 4.90 Å². The molecule has 0 bridgehead atoms. The van der Waals surface area contributed by atoms with Crippen LogP contribution in [0.5, 0.6) is 0 Å². The molecule has 0 aliphatic heterocycles. The molecule has 360 valence electrons. The van der Waals surface area contributed by atoms with Crippen molar-refractivity contribution in [1.82, 2.24) is 9.13 Å². The number of fused-ring (bicyclic) bond motifs is 20. The van der Waals surface area contributed by atoms with Crippen LogP contribution in [0.2, 0.25) is 0 Å². The van der Waals surface area contributed by atoms with E-state index in [2.05, 4.69) is 289 Å². The molecule has 3 aliphatic carbocycles. The van der Waals surface area contributed by atoms with E-state index in [1.54, 1.807) is 0 Å². The van der Waals surface area contributed by atoms with E-state index in [0.29, 0.717) is 0 Å². The fourth-order valence-corrected chi connectivity index (χ4v) is 14.7. The SMILES string of the molecule is CC1(C)c2ccccc2-c2ccc(-n3c4cc5ccccc5cc4c4c(N(c5ccc6c7ccccc7n(-c7ccccc7)c6c5)c5cccc6c5-c5ccccc5C65c6ccccc6-c6ccccc65)cccc43)cc21. The quantitative estimate of drug-likeness (QED) is 0.167. The molecular weight excluding hydrogens is 931 g/mol. The highest BCUT2D eigenvalue weighted by Crippen LogP contribution is 2.65. The number of aromatic nitrogens is 2. The van der Waals surface area contributed by atoms with Gasteiger partial charge < -0.3 is 14.0 Å². The van der Waals surface area contributed by atoms with Crippen molar-refractivity contribution in [3.63, 3.8) is 0 Å². The first-order valence-electron chi connectivity index (χ1n) is 27.0. The minimum absolute atomic E-state index is 0.155. The molecule has 3 heteroatoms. The maximum absolute atomic E-state index is 2.61. The normalized spacial score (nSPS) is 14.1. The molecule has 0 unspecified atom stereocenters. The van der Waals surface area contributed by atoms with E-state index in [1.807, 2.05) is 0 Å². The Kier molecular flexibility index (Phi) is 8.55. The summed E-state index contributed by atoms with van der Waals surface area (Å²) in [6, 6.07) is 98.4. The van der Waals surface area contributed by atoms with Crippen molar-refractivity contribution < 1.29 is 0 Å². The third kappa shape index (κ3) is 5.55. The van der Waals surface area contributed by atoms with Gasteiger partial charge in [0.2, 0.25) is 0 Å². The minimum Gasteiger partial charge on any atom is -0.309 e. The first-order chi connectivity index (χ1) is 38.0. The van der Waals surface area contributed by atoms with Crippen molar-refractivity contribution in [2.24, 2.45) is 0 Å². The largest absolute Gasteiger partial charge is 0.309 e. The van der Waals surface area contributed by atoms with E-state index in [0.717, 1.165) is 39.5 Å². The lowest BCUT2D eigenvalue weighted by atomic mass is 9.70. The molecule has 2 heterocycles. The number of benzene rings is 12. The first-order valence-corrected chi connectivity index (χ1v) is 27.0. The Balaban J connectivity index is 1.00. The molecule has 2 aromatic heterocycles. The van der Waals surface area contributed by atoms with Crippen molar-refractivity contribution >= 4 is 71.4 Å². The van der Waals surface area contributed by atoms with Gasteiger partial charge in [0.1, 0.15) is 0 Å². The number of nitrogens with zero attached hydrogens (tertiary/aromatic N) is 3. The van der Waals surface area contributed by atoms with Gasteiger partial charge in [0.05, 0.1) is 38.9 Å². The predicted molar refractivity (Wildman–Crippen MR) is 321 cm³/mol. The van der Waals surface area contributed by atoms with Crippen LogP contribution in [0.15, 0.2) is 261 Å². The smallest absolute Gasteiger partial charge is 0.0726 e. The summed E-state index contributed by atoms with van der Waals surface area (Å²) in [5.74, 6) is 0. The third-order valence-corrected chi connectivity index (χ3v) is 17.9. The van der Waals surface area contributed by atoms with Crippen LogP contribution in [0.3, 0.4) is 0 Å². The Hall–Kier alpha value is -9.70. The van der Waals surface area contributed by atoms with E-state index in [9.17, 15) is 0 Å². The predicted octanol–water partition coefficient (Wildman–Crippen LogP) is 19.2. The lowest BCUT2D eigenvalue weighted by Crippen LogP contribution is -2.26. The Labute approximate surface area is 446 Å². The maximum Gasteiger partial charge on any atom is 0.0726 e. The monoisotopic (exact) mass is 979 g/mol. The van der Waals surface area contributed by atoms with E-state index in [1.165, 1.54) is 110 Å². The maximum atomic E-state index is 2.61. The van der Waals surface area contributed by atoms with Gasteiger partial charge in [0.25, 0.3) is 0 Å². The number of rotatable bonds is 5. The highest BCUT2D eigenvalue weighted by atomic mass is 15.2. The number of hydrogen-bond donors (Lipinski definition) is 0. The molecule has 1 spiro atoms. The molecule has 3 nitrogen and oxygen atoms in total. The van der Waals surface area contributed by atoms with Gasteiger partial charge in [-0.2, -0.15) is 0 Å². The molecule has 0 radical (unpaired) electrons. The van der Waals surface area contributed by atoms with Crippen molar-refractivity contribution in [3.05, 3.63) is 294 Å². The molecule has 0 saturated carbocycles. The van der Waals surface area contributed by atoms with Crippen molar-refractivity contribution in [3.8, 4) is 44.8 Å². The second-order valence-corrected chi connectivity index (χ2v) is 21.9. The highest BCUT2D eigenvalue weighted by Gasteiger charge is 2.52. The third-order valence-electron chi connectivity index (χ3n) is 17.9. The fraction of sp³-hybridized carbons (Fsp3) is 0.0541. The van der Waals surface area contributed by atoms with Gasteiger partial charge in [0, 0.05) is 49.6 Å². The van der Waals surface area contributed by atoms with Crippen LogP contribution in [0, 0.1) is 0 Å². The Morgan fingerprint density at radius 1 is 0.312 bits per heavy atom. The van der Waals surface area contributed by atoms with E-state index in [-0.39, 0.29) is 5.41 Å². The van der Waals surface area contributed by atoms with Crippen LogP contribution in [-0.4, -0.2) is 9.13 Å². The molecule has 0 N–H and O–H groups in total. The van der Waals surface area contributed by atoms with Crippen LogP contribution >= 0.6 is 0 Å². The van der Waals surface area contributed by atoms with Gasteiger partial charge in [0.15, 0.2) is 0 Å². The van der Waals surface area contributed by atoms with Gasteiger partial charge in [-0.25, -0.2) is 0 Å². The summed E-state index contributed by atoms with van der Waals surface area (Å²) >= 11 is 0. The fourth-order valence-electron chi connectivity index (χ4n) is 14.7. The van der Waals surface area contributed by atoms with Crippen LogP contribution in [0.25, 0.3) is 99.1 Å². The molecule has 14 aromatic rings. The molecule has 3 aliphatic rings. The minimum atomic E-state index is -0.508. The average molecular weight is 980 g/mol. The number of para-hydroxylation sites is 2. The Bertz CT molecular complexity index is 4810. The van der Waals surface area contributed by atoms with Gasteiger partial charge in [-0.3, -0.25) is 0 Å². The van der Waals surface area contributed by atoms with Gasteiger partial charge in [-0.05, 0) is 145 Å². The zero-order valence-electron chi connectivity index (χ0n) is 42.7. The van der Waals surface area contributed by atoms with Gasteiger partial charge in [-0.1, -0.05) is 202 Å². The Morgan fingerprint density at radius 3 is 1.61 bits per heavy atom. The summed E-state index contributed by atoms with van der Waals surface area (Å²) < 4.78 is 4.99. The topological polar surface area (TPSA) is 13.1 Å². The second-order valence-electron chi connectivity index (χ2n) is 21.9. The zero-order valence-corrected chi connectivity index (χ0v) is 42.7. The van der Waals surface area contributed by atoms with Crippen LogP contribution in [0.1, 0.15) is 47.2 Å². The average Bonchev–Trinajstić information content (AvgIpc) is 4.33. The summed E-state index contributed by atoms with van der Waals surface area (Å²) in [5, 5.41) is 7.31. The number of hydrogen-bond acceptors (Lipinski definition) is 1. The van der Waals surface area contributed by atoms with Crippen LogP contribution < -0.4 is 4.90 Å². The summed E-state index contributed by atoms with van der Waals surface area (Å²) in [7, 11) is 0. The molecule has 12 aromatic carbocycles. The van der Waals surface area contributed by atoms with Crippen LogP contribution in [-0.2, 0) is 10.8 Å². The molecule has 0 saturated heterocycles. The van der Waals surface area contributed by atoms with Crippen LogP contribution in [0.4, 0.5) is 17.1 Å². The molecule has 77 heavy (non-hydrogen) atoms. The van der Waals surface area contributed by atoms with Crippen molar-refractivity contribution in [2.45, 2.75) is 24.7 Å². The second kappa shape index (κ2) is 15.4. The van der Waals surface area contributed by atoms with E-state index in [4.69, 9.17) is 0 Å². The first kappa shape index (κ1) is 42.6. The zero-order chi connectivity index (χ0) is 50.7. The molecule has 0 atom stereocenters. The highest BCUT2D eigenvalue weighted by molar-refractivity contribution is 6.20. The summed E-state index contributed by atoms with van der Waals surface area (Å²) in [4.78, 5) is 2.61. The van der Waals surface area contributed by atoms with E-state index < -0.39 is 5.41 Å². The van der Waals surface area contributed by atoms with Gasteiger partial charge >= 0.3 is 0 Å². The Morgan fingerprint density at radius 2 is 0.844 bits per heavy atom. The lowest BCUT2D eigenvalue weighted by molar-refractivity contribution is 0.660. The lowest BCUT2D eigenvalue weighted by Gasteiger charge is -2.32. The number of anilines is 3.